The van der Waals surface area contributed by atoms with Crippen molar-refractivity contribution < 1.29 is 22.3 Å². The number of anilines is 1. The molecular weight excluding hydrogens is 447 g/mol. The van der Waals surface area contributed by atoms with E-state index in [1.165, 1.54) is 31.9 Å². The van der Waals surface area contributed by atoms with Crippen LogP contribution < -0.4 is 14.8 Å². The Labute approximate surface area is 193 Å². The highest BCUT2D eigenvalue weighted by atomic mass is 32.2. The van der Waals surface area contributed by atoms with E-state index in [1.807, 2.05) is 13.8 Å². The molecule has 4 rings (SSSR count). The highest BCUT2D eigenvalue weighted by molar-refractivity contribution is 7.90. The molecule has 2 aromatic rings. The second-order valence-electron chi connectivity index (χ2n) is 8.92. The Balaban J connectivity index is 1.56. The van der Waals surface area contributed by atoms with Crippen LogP contribution in [0.2, 0.25) is 0 Å². The van der Waals surface area contributed by atoms with E-state index >= 15 is 0 Å². The summed E-state index contributed by atoms with van der Waals surface area (Å²) in [5, 5.41) is 2.05. The zero-order valence-corrected chi connectivity index (χ0v) is 19.8. The molecule has 10 heteroatoms. The maximum absolute atomic E-state index is 14.5. The lowest BCUT2D eigenvalue weighted by Gasteiger charge is -2.47. The number of carbonyl (C=O) groups is 1. The fourth-order valence-electron chi connectivity index (χ4n) is 4.21. The number of hydrogen-bond acceptors (Lipinski definition) is 6. The van der Waals surface area contributed by atoms with Crippen molar-refractivity contribution in [2.24, 2.45) is 0 Å². The van der Waals surface area contributed by atoms with Gasteiger partial charge in [-0.2, -0.15) is 0 Å². The molecule has 2 N–H and O–H groups in total. The maximum Gasteiger partial charge on any atom is 0.332 e. The first-order valence-corrected chi connectivity index (χ1v) is 12.6. The summed E-state index contributed by atoms with van der Waals surface area (Å²) >= 11 is 0. The van der Waals surface area contributed by atoms with Crippen molar-refractivity contribution in [2.75, 3.05) is 25.5 Å². The fourth-order valence-corrected chi connectivity index (χ4v) is 5.46. The van der Waals surface area contributed by atoms with Gasteiger partial charge in [0.05, 0.1) is 12.8 Å². The zero-order chi connectivity index (χ0) is 23.8. The standard InChI is InChI=1S/C23H29FN4O4S/c1-14(2)19-10-16(24)11-20(15-7-8-25-21(9-15)32-3)22(19)26-23(29)27-33(30,31)18-12-28(13-18)17-5-4-6-17/h7-11,14,17-18H,4-6,12-13H2,1-3H3,(H2,26,27,29). The number of sulfonamides is 1. The Morgan fingerprint density at radius 3 is 2.58 bits per heavy atom. The molecule has 2 fully saturated rings. The van der Waals surface area contributed by atoms with Crippen molar-refractivity contribution in [2.45, 2.75) is 50.3 Å². The third-order valence-corrected chi connectivity index (χ3v) is 8.04. The lowest BCUT2D eigenvalue weighted by molar-refractivity contribution is 0.0704. The van der Waals surface area contributed by atoms with Crippen LogP contribution in [0.3, 0.4) is 0 Å². The highest BCUT2D eigenvalue weighted by Crippen LogP contribution is 2.37. The molecule has 1 aromatic carbocycles. The topological polar surface area (TPSA) is 101 Å². The highest BCUT2D eigenvalue weighted by Gasteiger charge is 2.42. The molecule has 178 valence electrons. The lowest BCUT2D eigenvalue weighted by Crippen LogP contribution is -2.62. The van der Waals surface area contributed by atoms with Crippen molar-refractivity contribution in [3.8, 4) is 17.0 Å². The van der Waals surface area contributed by atoms with Gasteiger partial charge in [-0.15, -0.1) is 0 Å². The summed E-state index contributed by atoms with van der Waals surface area (Å²) in [5.41, 5.74) is 1.88. The van der Waals surface area contributed by atoms with Crippen LogP contribution in [-0.4, -0.2) is 55.8 Å². The number of rotatable bonds is 7. The molecule has 0 spiro atoms. The van der Waals surface area contributed by atoms with Crippen LogP contribution >= 0.6 is 0 Å². The van der Waals surface area contributed by atoms with Crippen molar-refractivity contribution in [1.29, 1.82) is 0 Å². The normalized spacial score (nSPS) is 17.4. The van der Waals surface area contributed by atoms with Crippen LogP contribution in [0, 0.1) is 5.82 Å². The number of ether oxygens (including phenoxy) is 1. The second-order valence-corrected chi connectivity index (χ2v) is 10.9. The number of amides is 2. The quantitative estimate of drug-likeness (QED) is 0.632. The summed E-state index contributed by atoms with van der Waals surface area (Å²) in [7, 11) is -2.36. The van der Waals surface area contributed by atoms with Crippen LogP contribution in [0.25, 0.3) is 11.1 Å². The van der Waals surface area contributed by atoms with Gasteiger partial charge in [0.25, 0.3) is 0 Å². The SMILES string of the molecule is COc1cc(-c2cc(F)cc(C(C)C)c2NC(=O)NS(=O)(=O)C2CN(C3CCC3)C2)ccn1. The number of methoxy groups -OCH3 is 1. The van der Waals surface area contributed by atoms with Gasteiger partial charge >= 0.3 is 6.03 Å². The first-order chi connectivity index (χ1) is 15.7. The van der Waals surface area contributed by atoms with E-state index in [-0.39, 0.29) is 5.92 Å². The molecule has 0 atom stereocenters. The summed E-state index contributed by atoms with van der Waals surface area (Å²) in [4.78, 5) is 19.0. The van der Waals surface area contributed by atoms with E-state index in [0.717, 1.165) is 12.8 Å². The summed E-state index contributed by atoms with van der Waals surface area (Å²) in [6.45, 7) is 4.61. The molecule has 1 aromatic heterocycles. The molecule has 1 saturated carbocycles. The van der Waals surface area contributed by atoms with Gasteiger partial charge in [0.15, 0.2) is 0 Å². The van der Waals surface area contributed by atoms with Crippen LogP contribution in [0.5, 0.6) is 5.88 Å². The number of carbonyl (C=O) groups excluding carboxylic acids is 1. The minimum Gasteiger partial charge on any atom is -0.481 e. The Kier molecular flexibility index (Phi) is 6.58. The van der Waals surface area contributed by atoms with Gasteiger partial charge in [-0.05, 0) is 48.1 Å². The number of aromatic nitrogens is 1. The van der Waals surface area contributed by atoms with E-state index in [9.17, 15) is 17.6 Å². The summed E-state index contributed by atoms with van der Waals surface area (Å²) in [6.07, 6.45) is 4.91. The van der Waals surface area contributed by atoms with Gasteiger partial charge in [-0.1, -0.05) is 20.3 Å². The first-order valence-electron chi connectivity index (χ1n) is 11.1. The average Bonchev–Trinajstić information content (AvgIpc) is 2.69. The van der Waals surface area contributed by atoms with Gasteiger partial charge < -0.3 is 10.1 Å². The Bertz CT molecular complexity index is 1150. The largest absolute Gasteiger partial charge is 0.481 e. The predicted molar refractivity (Wildman–Crippen MR) is 124 cm³/mol. The fraction of sp³-hybridized carbons (Fsp3) is 0.478. The molecule has 1 saturated heterocycles. The van der Waals surface area contributed by atoms with E-state index in [0.29, 0.717) is 47.4 Å². The van der Waals surface area contributed by atoms with Gasteiger partial charge in [0.1, 0.15) is 11.1 Å². The Hall–Kier alpha value is -2.72. The minimum atomic E-state index is -3.83. The van der Waals surface area contributed by atoms with Crippen molar-refractivity contribution in [3.05, 3.63) is 41.8 Å². The van der Waals surface area contributed by atoms with Gasteiger partial charge in [0.2, 0.25) is 15.9 Å². The van der Waals surface area contributed by atoms with Gasteiger partial charge in [0, 0.05) is 37.0 Å². The molecule has 8 nitrogen and oxygen atoms in total. The molecule has 2 aliphatic rings. The minimum absolute atomic E-state index is 0.127. The zero-order valence-electron chi connectivity index (χ0n) is 19.0. The number of urea groups is 1. The number of likely N-dealkylation sites (tertiary alicyclic amines) is 1. The predicted octanol–water partition coefficient (Wildman–Crippen LogP) is 3.71. The number of benzene rings is 1. The molecule has 0 radical (unpaired) electrons. The van der Waals surface area contributed by atoms with Crippen molar-refractivity contribution in [3.63, 3.8) is 0 Å². The second kappa shape index (κ2) is 9.26. The Morgan fingerprint density at radius 2 is 1.97 bits per heavy atom. The summed E-state index contributed by atoms with van der Waals surface area (Å²) in [5.74, 6) is -0.256. The summed E-state index contributed by atoms with van der Waals surface area (Å²) < 4.78 is 47.2. The molecule has 1 aliphatic heterocycles. The van der Waals surface area contributed by atoms with E-state index < -0.39 is 27.1 Å². The van der Waals surface area contributed by atoms with Crippen LogP contribution in [0.1, 0.15) is 44.6 Å². The average molecular weight is 477 g/mol. The van der Waals surface area contributed by atoms with Crippen LogP contribution in [-0.2, 0) is 10.0 Å². The molecular formula is C23H29FN4O4S. The van der Waals surface area contributed by atoms with E-state index in [2.05, 4.69) is 19.9 Å². The molecule has 2 heterocycles. The van der Waals surface area contributed by atoms with E-state index in [4.69, 9.17) is 4.74 Å². The number of halogens is 1. The first kappa shape index (κ1) is 23.4. The van der Waals surface area contributed by atoms with E-state index in [1.54, 1.807) is 12.1 Å². The molecule has 0 unspecified atom stereocenters. The van der Waals surface area contributed by atoms with Crippen LogP contribution in [0.15, 0.2) is 30.5 Å². The summed E-state index contributed by atoms with van der Waals surface area (Å²) in [6, 6.07) is 5.55. The Morgan fingerprint density at radius 1 is 1.24 bits per heavy atom. The number of nitrogens with zero attached hydrogens (tertiary/aromatic N) is 2. The monoisotopic (exact) mass is 476 g/mol. The number of nitrogens with one attached hydrogen (secondary N) is 2. The lowest BCUT2D eigenvalue weighted by atomic mass is 9.89. The number of pyridine rings is 1. The number of hydrogen-bond donors (Lipinski definition) is 2. The van der Waals surface area contributed by atoms with Crippen molar-refractivity contribution >= 4 is 21.7 Å². The molecule has 0 bridgehead atoms. The smallest absolute Gasteiger partial charge is 0.332 e. The van der Waals surface area contributed by atoms with Crippen molar-refractivity contribution in [1.82, 2.24) is 14.6 Å². The molecule has 33 heavy (non-hydrogen) atoms. The van der Waals surface area contributed by atoms with Gasteiger partial charge in [-0.3, -0.25) is 4.90 Å². The molecule has 1 aliphatic carbocycles. The third-order valence-electron chi connectivity index (χ3n) is 6.39. The maximum atomic E-state index is 14.5. The van der Waals surface area contributed by atoms with Crippen LogP contribution in [0.4, 0.5) is 14.9 Å². The third kappa shape index (κ3) is 4.96. The molecule has 2 amide bonds. The van der Waals surface area contributed by atoms with Gasteiger partial charge in [-0.25, -0.2) is 27.3 Å².